The highest BCUT2D eigenvalue weighted by Gasteiger charge is 2.36. The molecule has 1 aliphatic carbocycles. The lowest BCUT2D eigenvalue weighted by Crippen LogP contribution is -2.47. The van der Waals surface area contributed by atoms with Crippen molar-refractivity contribution in [1.82, 2.24) is 5.32 Å². The van der Waals surface area contributed by atoms with E-state index in [0.717, 1.165) is 12.8 Å². The number of carbonyl (C=O) groups is 2. The van der Waals surface area contributed by atoms with Gasteiger partial charge in [0, 0.05) is 6.04 Å². The first-order valence-electron chi connectivity index (χ1n) is 5.75. The molecule has 2 rings (SSSR count). The molecule has 0 unspecified atom stereocenters. The predicted molar refractivity (Wildman–Crippen MR) is 55.9 cm³/mol. The van der Waals surface area contributed by atoms with Gasteiger partial charge in [0.25, 0.3) is 0 Å². The number of carboxylic acids is 1. The molecule has 1 amide bonds. The highest BCUT2D eigenvalue weighted by Crippen LogP contribution is 2.27. The highest BCUT2D eigenvalue weighted by molar-refractivity contribution is 5.82. The first-order valence-corrected chi connectivity index (χ1v) is 5.75. The summed E-state index contributed by atoms with van der Waals surface area (Å²) in [5.74, 6) is -0.449. The fourth-order valence-corrected chi connectivity index (χ4v) is 2.33. The van der Waals surface area contributed by atoms with Gasteiger partial charge in [-0.1, -0.05) is 6.92 Å². The van der Waals surface area contributed by atoms with Gasteiger partial charge in [-0.25, -0.2) is 4.79 Å². The van der Waals surface area contributed by atoms with Crippen molar-refractivity contribution in [1.29, 1.82) is 0 Å². The van der Waals surface area contributed by atoms with Crippen LogP contribution in [0.1, 0.15) is 32.6 Å². The van der Waals surface area contributed by atoms with Crippen LogP contribution in [0.25, 0.3) is 0 Å². The average Bonchev–Trinajstić information content (AvgIpc) is 2.63. The Hall–Kier alpha value is -1.10. The number of nitrogens with one attached hydrogen (secondary N) is 1. The minimum Gasteiger partial charge on any atom is -0.479 e. The summed E-state index contributed by atoms with van der Waals surface area (Å²) in [4.78, 5) is 22.3. The maximum absolute atomic E-state index is 11.7. The lowest BCUT2D eigenvalue weighted by Gasteiger charge is -2.33. The van der Waals surface area contributed by atoms with E-state index in [0.29, 0.717) is 18.8 Å². The Morgan fingerprint density at radius 2 is 1.88 bits per heavy atom. The number of carboxylic acid groups (broad SMARTS) is 1. The summed E-state index contributed by atoms with van der Waals surface area (Å²) in [5, 5.41) is 11.6. The van der Waals surface area contributed by atoms with Crippen molar-refractivity contribution in [2.45, 2.75) is 50.9 Å². The zero-order chi connectivity index (χ0) is 11.7. The monoisotopic (exact) mass is 227 g/mol. The van der Waals surface area contributed by atoms with Crippen LogP contribution in [-0.4, -0.2) is 35.2 Å². The van der Waals surface area contributed by atoms with E-state index < -0.39 is 18.2 Å². The molecule has 0 radical (unpaired) electrons. The summed E-state index contributed by atoms with van der Waals surface area (Å²) < 4.78 is 5.17. The first kappa shape index (κ1) is 11.4. The number of hydrogen-bond acceptors (Lipinski definition) is 3. The Labute approximate surface area is 94.2 Å². The van der Waals surface area contributed by atoms with E-state index in [1.807, 2.05) is 0 Å². The maximum atomic E-state index is 11.7. The van der Waals surface area contributed by atoms with Crippen LogP contribution >= 0.6 is 0 Å². The lowest BCUT2D eigenvalue weighted by molar-refractivity contribution is -0.152. The fourth-order valence-electron chi connectivity index (χ4n) is 2.33. The van der Waals surface area contributed by atoms with Gasteiger partial charge < -0.3 is 15.2 Å². The van der Waals surface area contributed by atoms with Crippen LogP contribution in [0.2, 0.25) is 0 Å². The standard InChI is InChI=1S/C11H17NO4/c1-6-4-7(5-6)12-10(13)8-2-3-9(16-8)11(14)15/h6-9H,2-5H2,1H3,(H,12,13)(H,14,15)/t6?,7?,8-,9+/m0/s1. The molecule has 0 aromatic heterocycles. The van der Waals surface area contributed by atoms with Gasteiger partial charge in [-0.05, 0) is 31.6 Å². The van der Waals surface area contributed by atoms with Crippen LogP contribution in [0.3, 0.4) is 0 Å². The van der Waals surface area contributed by atoms with E-state index in [-0.39, 0.29) is 11.9 Å². The minimum absolute atomic E-state index is 0.152. The molecule has 2 fully saturated rings. The highest BCUT2D eigenvalue weighted by atomic mass is 16.5. The molecule has 90 valence electrons. The summed E-state index contributed by atoms with van der Waals surface area (Å²) in [6, 6.07) is 0.259. The number of carbonyl (C=O) groups excluding carboxylic acids is 1. The van der Waals surface area contributed by atoms with Crippen molar-refractivity contribution in [3.05, 3.63) is 0 Å². The Morgan fingerprint density at radius 1 is 1.25 bits per heavy atom. The summed E-state index contributed by atoms with van der Waals surface area (Å²) in [6.45, 7) is 2.15. The zero-order valence-electron chi connectivity index (χ0n) is 9.31. The molecule has 0 bridgehead atoms. The van der Waals surface area contributed by atoms with Crippen molar-refractivity contribution in [3.63, 3.8) is 0 Å². The van der Waals surface area contributed by atoms with Gasteiger partial charge in [-0.2, -0.15) is 0 Å². The second-order valence-electron chi connectivity index (χ2n) is 4.81. The number of ether oxygens (including phenoxy) is 1. The predicted octanol–water partition coefficient (Wildman–Crippen LogP) is 0.533. The summed E-state index contributed by atoms with van der Waals surface area (Å²) >= 11 is 0. The molecule has 5 heteroatoms. The third-order valence-corrected chi connectivity index (χ3v) is 3.31. The molecule has 1 saturated heterocycles. The Kier molecular flexibility index (Phi) is 3.14. The normalized spacial score (nSPS) is 37.8. The lowest BCUT2D eigenvalue weighted by atomic mass is 9.82. The van der Waals surface area contributed by atoms with Crippen LogP contribution in [0.5, 0.6) is 0 Å². The van der Waals surface area contributed by atoms with E-state index in [9.17, 15) is 9.59 Å². The van der Waals surface area contributed by atoms with E-state index in [4.69, 9.17) is 9.84 Å². The van der Waals surface area contributed by atoms with Crippen LogP contribution in [-0.2, 0) is 14.3 Å². The van der Waals surface area contributed by atoms with Gasteiger partial charge in [0.15, 0.2) is 6.10 Å². The molecule has 16 heavy (non-hydrogen) atoms. The second-order valence-corrected chi connectivity index (χ2v) is 4.81. The molecule has 1 aliphatic heterocycles. The topological polar surface area (TPSA) is 75.6 Å². The molecular formula is C11H17NO4. The van der Waals surface area contributed by atoms with E-state index in [1.54, 1.807) is 0 Å². The molecule has 5 nitrogen and oxygen atoms in total. The first-order chi connectivity index (χ1) is 7.56. The summed E-state index contributed by atoms with van der Waals surface area (Å²) in [6.07, 6.45) is 1.58. The number of aliphatic carboxylic acids is 1. The largest absolute Gasteiger partial charge is 0.479 e. The van der Waals surface area contributed by atoms with Crippen molar-refractivity contribution in [3.8, 4) is 0 Å². The van der Waals surface area contributed by atoms with Gasteiger partial charge in [0.05, 0.1) is 0 Å². The van der Waals surface area contributed by atoms with E-state index in [2.05, 4.69) is 12.2 Å². The molecule has 2 N–H and O–H groups in total. The van der Waals surface area contributed by atoms with Crippen molar-refractivity contribution < 1.29 is 19.4 Å². The van der Waals surface area contributed by atoms with Crippen molar-refractivity contribution in [2.24, 2.45) is 5.92 Å². The van der Waals surface area contributed by atoms with Gasteiger partial charge in [0.1, 0.15) is 6.10 Å². The molecule has 1 saturated carbocycles. The van der Waals surface area contributed by atoms with Crippen molar-refractivity contribution in [2.75, 3.05) is 0 Å². The van der Waals surface area contributed by atoms with E-state index in [1.165, 1.54) is 0 Å². The van der Waals surface area contributed by atoms with Gasteiger partial charge in [0.2, 0.25) is 5.91 Å². The Balaban J connectivity index is 1.76. The maximum Gasteiger partial charge on any atom is 0.332 e. The number of amides is 1. The zero-order valence-corrected chi connectivity index (χ0v) is 9.31. The third kappa shape index (κ3) is 2.35. The average molecular weight is 227 g/mol. The minimum atomic E-state index is -0.979. The Bertz CT molecular complexity index is 298. The molecule has 0 spiro atoms. The third-order valence-electron chi connectivity index (χ3n) is 3.31. The molecule has 0 aromatic rings. The van der Waals surface area contributed by atoms with Crippen LogP contribution in [0.4, 0.5) is 0 Å². The fraction of sp³-hybridized carbons (Fsp3) is 0.818. The smallest absolute Gasteiger partial charge is 0.332 e. The van der Waals surface area contributed by atoms with E-state index >= 15 is 0 Å². The van der Waals surface area contributed by atoms with Gasteiger partial charge in [-0.15, -0.1) is 0 Å². The van der Waals surface area contributed by atoms with Gasteiger partial charge >= 0.3 is 5.97 Å². The summed E-state index contributed by atoms with van der Waals surface area (Å²) in [7, 11) is 0. The molecule has 2 atom stereocenters. The van der Waals surface area contributed by atoms with Crippen LogP contribution in [0.15, 0.2) is 0 Å². The molecule has 0 aromatic carbocycles. The quantitative estimate of drug-likeness (QED) is 0.737. The van der Waals surface area contributed by atoms with Crippen LogP contribution < -0.4 is 5.32 Å². The molecular weight excluding hydrogens is 210 g/mol. The number of rotatable bonds is 3. The number of hydrogen-bond donors (Lipinski definition) is 2. The van der Waals surface area contributed by atoms with Crippen LogP contribution in [0, 0.1) is 5.92 Å². The van der Waals surface area contributed by atoms with Gasteiger partial charge in [-0.3, -0.25) is 4.79 Å². The second kappa shape index (κ2) is 4.41. The SMILES string of the molecule is CC1CC(NC(=O)[C@@H]2CC[C@H](C(=O)O)O2)C1. The Morgan fingerprint density at radius 3 is 2.38 bits per heavy atom. The summed E-state index contributed by atoms with van der Waals surface area (Å²) in [5.41, 5.74) is 0. The molecule has 2 aliphatic rings. The molecule has 1 heterocycles. The van der Waals surface area contributed by atoms with Crippen molar-refractivity contribution >= 4 is 11.9 Å².